The molecule has 3 unspecified atom stereocenters. The predicted molar refractivity (Wildman–Crippen MR) is 169 cm³/mol. The number of nitrogens with one attached hydrogen (secondary N) is 2. The molecule has 10 heteroatoms. The Balaban J connectivity index is 2.56. The number of alkyl carbamates (subject to hydrolysis) is 1. The van der Waals surface area contributed by atoms with Crippen LogP contribution in [0.3, 0.4) is 0 Å². The van der Waals surface area contributed by atoms with Crippen LogP contribution >= 0.6 is 0 Å². The van der Waals surface area contributed by atoms with E-state index in [1.165, 1.54) is 4.90 Å². The average Bonchev–Trinajstić information content (AvgIpc) is 2.93. The highest BCUT2D eigenvalue weighted by molar-refractivity contribution is 5.94. The predicted octanol–water partition coefficient (Wildman–Crippen LogP) is 4.56. The number of hydrogen-bond donors (Lipinski definition) is 3. The lowest BCUT2D eigenvalue weighted by molar-refractivity contribution is -0.159. The van der Waals surface area contributed by atoms with E-state index in [0.29, 0.717) is 17.5 Å². The van der Waals surface area contributed by atoms with Crippen molar-refractivity contribution in [2.24, 2.45) is 0 Å². The van der Waals surface area contributed by atoms with Crippen molar-refractivity contribution in [1.29, 1.82) is 0 Å². The molecule has 44 heavy (non-hydrogen) atoms. The van der Waals surface area contributed by atoms with Gasteiger partial charge in [0.05, 0.1) is 6.61 Å². The molecule has 0 aliphatic rings. The fourth-order valence-electron chi connectivity index (χ4n) is 4.44. The first-order valence-corrected chi connectivity index (χ1v) is 14.8. The summed E-state index contributed by atoms with van der Waals surface area (Å²) in [6.45, 7) is 15.3. The Hall–Kier alpha value is -4.18. The van der Waals surface area contributed by atoms with E-state index in [4.69, 9.17) is 9.47 Å². The van der Waals surface area contributed by atoms with Crippen LogP contribution in [0, 0.1) is 0 Å². The molecule has 10 nitrogen and oxygen atoms in total. The summed E-state index contributed by atoms with van der Waals surface area (Å²) in [5, 5.41) is 15.4. The number of benzene rings is 2. The van der Waals surface area contributed by atoms with Gasteiger partial charge in [0.1, 0.15) is 29.3 Å². The number of aliphatic hydroxyl groups is 1. The molecule has 0 radical (unpaired) electrons. The van der Waals surface area contributed by atoms with Gasteiger partial charge in [0.15, 0.2) is 0 Å². The summed E-state index contributed by atoms with van der Waals surface area (Å²) < 4.78 is 10.9. The molecule has 0 spiro atoms. The van der Waals surface area contributed by atoms with E-state index in [-0.39, 0.29) is 13.0 Å². The zero-order valence-corrected chi connectivity index (χ0v) is 26.9. The normalized spacial score (nSPS) is 13.5. The van der Waals surface area contributed by atoms with Gasteiger partial charge in [0.2, 0.25) is 11.8 Å². The first kappa shape index (κ1) is 36.0. The number of carbonyl (C=O) groups excluding carboxylic acids is 4. The first-order chi connectivity index (χ1) is 20.6. The van der Waals surface area contributed by atoms with Gasteiger partial charge in [0.25, 0.3) is 0 Å². The molecular weight excluding hydrogens is 562 g/mol. The Morgan fingerprint density at radius 1 is 0.909 bits per heavy atom. The van der Waals surface area contributed by atoms with Gasteiger partial charge in [-0.1, -0.05) is 68.1 Å². The Labute approximate surface area is 260 Å². The van der Waals surface area contributed by atoms with E-state index < -0.39 is 59.8 Å². The largest absolute Gasteiger partial charge is 0.458 e. The molecular formula is C34H47N3O7. The van der Waals surface area contributed by atoms with Crippen molar-refractivity contribution < 1.29 is 33.8 Å². The molecule has 240 valence electrons. The molecule has 0 heterocycles. The Kier molecular flexibility index (Phi) is 13.1. The van der Waals surface area contributed by atoms with Crippen LogP contribution in [0.5, 0.6) is 0 Å². The minimum atomic E-state index is -1.39. The van der Waals surface area contributed by atoms with Crippen molar-refractivity contribution in [3.05, 3.63) is 77.9 Å². The monoisotopic (exact) mass is 609 g/mol. The third-order valence-corrected chi connectivity index (χ3v) is 6.23. The van der Waals surface area contributed by atoms with Crippen LogP contribution in [-0.4, -0.2) is 70.3 Å². The third-order valence-electron chi connectivity index (χ3n) is 6.23. The summed E-state index contributed by atoms with van der Waals surface area (Å²) in [5.74, 6) is -1.95. The summed E-state index contributed by atoms with van der Waals surface area (Å²) in [5.41, 5.74) is 0.331. The highest BCUT2D eigenvalue weighted by Crippen LogP contribution is 2.25. The zero-order valence-electron chi connectivity index (χ0n) is 26.9. The maximum atomic E-state index is 14.2. The number of aliphatic hydroxyl groups excluding tert-OH is 1. The first-order valence-electron chi connectivity index (χ1n) is 14.8. The molecule has 3 atom stereocenters. The number of rotatable bonds is 13. The lowest BCUT2D eigenvalue weighted by Gasteiger charge is -2.35. The molecule has 3 N–H and O–H groups in total. The van der Waals surface area contributed by atoms with Crippen LogP contribution in [0.2, 0.25) is 0 Å². The van der Waals surface area contributed by atoms with Gasteiger partial charge in [-0.15, -0.1) is 0 Å². The number of ether oxygens (including phenoxy) is 2. The Bertz CT molecular complexity index is 1280. The fourth-order valence-corrected chi connectivity index (χ4v) is 4.44. The molecule has 2 rings (SSSR count). The molecule has 2 aromatic carbocycles. The molecule has 3 amide bonds. The van der Waals surface area contributed by atoms with Gasteiger partial charge in [-0.25, -0.2) is 9.59 Å². The van der Waals surface area contributed by atoms with Gasteiger partial charge in [-0.3, -0.25) is 9.59 Å². The average molecular weight is 610 g/mol. The van der Waals surface area contributed by atoms with Crippen LogP contribution in [0.1, 0.15) is 77.6 Å². The van der Waals surface area contributed by atoms with E-state index in [0.717, 1.165) is 5.56 Å². The summed E-state index contributed by atoms with van der Waals surface area (Å²) in [6, 6.07) is 12.5. The van der Waals surface area contributed by atoms with Crippen LogP contribution in [0.15, 0.2) is 61.2 Å². The lowest BCUT2D eigenvalue weighted by atomic mass is 9.99. The minimum absolute atomic E-state index is 0.109. The van der Waals surface area contributed by atoms with E-state index in [1.54, 1.807) is 71.9 Å². The second kappa shape index (κ2) is 16.0. The van der Waals surface area contributed by atoms with E-state index >= 15 is 0 Å². The van der Waals surface area contributed by atoms with E-state index in [2.05, 4.69) is 17.2 Å². The Morgan fingerprint density at radius 2 is 1.55 bits per heavy atom. The quantitative estimate of drug-likeness (QED) is 0.284. The van der Waals surface area contributed by atoms with Crippen LogP contribution in [0.4, 0.5) is 4.79 Å². The number of hydrogen-bond acceptors (Lipinski definition) is 7. The number of nitrogens with zero attached hydrogens (tertiary/aromatic N) is 1. The minimum Gasteiger partial charge on any atom is -0.458 e. The summed E-state index contributed by atoms with van der Waals surface area (Å²) in [6.07, 6.45) is 1.34. The van der Waals surface area contributed by atoms with Crippen molar-refractivity contribution in [2.45, 2.75) is 90.6 Å². The lowest BCUT2D eigenvalue weighted by Crippen LogP contribution is -2.56. The van der Waals surface area contributed by atoms with Crippen LogP contribution in [-0.2, 0) is 30.3 Å². The topological polar surface area (TPSA) is 134 Å². The van der Waals surface area contributed by atoms with Crippen molar-refractivity contribution in [2.75, 3.05) is 13.2 Å². The molecule has 0 saturated carbocycles. The molecule has 0 bridgehead atoms. The smallest absolute Gasteiger partial charge is 0.408 e. The van der Waals surface area contributed by atoms with Crippen LogP contribution < -0.4 is 10.6 Å². The Morgan fingerprint density at radius 3 is 2.09 bits per heavy atom. The molecule has 0 fully saturated rings. The summed E-state index contributed by atoms with van der Waals surface area (Å²) in [7, 11) is 0. The third kappa shape index (κ3) is 11.5. The van der Waals surface area contributed by atoms with Crippen molar-refractivity contribution in [1.82, 2.24) is 15.5 Å². The molecule has 0 aromatic heterocycles. The second-order valence-corrected chi connectivity index (χ2v) is 12.5. The molecule has 0 saturated heterocycles. The maximum Gasteiger partial charge on any atom is 0.408 e. The molecule has 0 aliphatic carbocycles. The number of amides is 3. The van der Waals surface area contributed by atoms with Gasteiger partial charge in [-0.2, -0.15) is 0 Å². The summed E-state index contributed by atoms with van der Waals surface area (Å²) in [4.78, 5) is 55.4. The highest BCUT2D eigenvalue weighted by atomic mass is 16.6. The number of esters is 1. The molecule has 0 aliphatic heterocycles. The maximum absolute atomic E-state index is 14.2. The number of carbonyl (C=O) groups is 4. The van der Waals surface area contributed by atoms with Gasteiger partial charge in [0, 0.05) is 13.0 Å². The van der Waals surface area contributed by atoms with E-state index in [1.807, 2.05) is 37.3 Å². The van der Waals surface area contributed by atoms with Gasteiger partial charge in [-0.05, 0) is 70.7 Å². The summed E-state index contributed by atoms with van der Waals surface area (Å²) >= 11 is 0. The van der Waals surface area contributed by atoms with Crippen molar-refractivity contribution >= 4 is 30.0 Å². The standard InChI is InChI=1S/C34H47N3O7/c1-9-19-37(30(40)27(22-38)36-32(42)44-34(6,7)8)28(25-18-14-17-23(10-2)20-25)29(39)35-26(31(41)43-33(3,4)5)21-24-15-12-11-13-16-24/h10-18,20,26-28,38H,2,9,19,21-22H2,1,3-8H3,(H,35,39)(H,36,42). The van der Waals surface area contributed by atoms with Crippen molar-refractivity contribution in [3.8, 4) is 0 Å². The highest BCUT2D eigenvalue weighted by Gasteiger charge is 2.38. The fraction of sp³-hybridized carbons (Fsp3) is 0.471. The van der Waals surface area contributed by atoms with Gasteiger partial charge >= 0.3 is 12.1 Å². The SMILES string of the molecule is C=Cc1cccc(C(C(=O)NC(Cc2ccccc2)C(=O)OC(C)(C)C)N(CCC)C(=O)C(CO)NC(=O)OC(C)(C)C)c1. The van der Waals surface area contributed by atoms with Crippen LogP contribution in [0.25, 0.3) is 6.08 Å². The van der Waals surface area contributed by atoms with Gasteiger partial charge < -0.3 is 30.1 Å². The van der Waals surface area contributed by atoms with E-state index in [9.17, 15) is 24.3 Å². The molecule has 2 aromatic rings. The zero-order chi connectivity index (χ0) is 33.1. The van der Waals surface area contributed by atoms with Crippen molar-refractivity contribution in [3.63, 3.8) is 0 Å². The second-order valence-electron chi connectivity index (χ2n) is 12.5.